The fourth-order valence-corrected chi connectivity index (χ4v) is 5.68. The molecule has 4 unspecified atom stereocenters. The number of hydrogen-bond acceptors (Lipinski definition) is 10. The smallest absolute Gasteiger partial charge is 0.330 e. The number of ketones is 3. The highest BCUT2D eigenvalue weighted by Crippen LogP contribution is 2.41. The Hall–Kier alpha value is -3.93. The summed E-state index contributed by atoms with van der Waals surface area (Å²) in [5.41, 5.74) is 2.10. The van der Waals surface area contributed by atoms with Gasteiger partial charge in [-0.3, -0.25) is 19.2 Å². The van der Waals surface area contributed by atoms with Crippen molar-refractivity contribution in [2.45, 2.75) is 45.1 Å². The molecule has 2 aromatic carbocycles. The van der Waals surface area contributed by atoms with E-state index in [1.165, 1.54) is 19.1 Å². The maximum absolute atomic E-state index is 13.3. The van der Waals surface area contributed by atoms with Crippen LogP contribution in [0.15, 0.2) is 36.4 Å². The molecule has 2 aromatic rings. The Balaban J connectivity index is 1.94. The number of benzene rings is 2. The van der Waals surface area contributed by atoms with Crippen LogP contribution < -0.4 is 5.32 Å². The lowest BCUT2D eigenvalue weighted by molar-refractivity contribution is -0.144. The van der Waals surface area contributed by atoms with E-state index in [-0.39, 0.29) is 60.2 Å². The number of Topliss-reactive ketones (excluding diaryl/α,β-unsaturated/α-hetero) is 3. The van der Waals surface area contributed by atoms with E-state index in [2.05, 4.69) is 10.1 Å². The first-order chi connectivity index (χ1) is 20.0. The molecule has 0 heterocycles. The van der Waals surface area contributed by atoms with Crippen LogP contribution in [-0.4, -0.2) is 82.6 Å². The number of esters is 1. The number of nitrogens with one attached hydrogen (secondary N) is 1. The van der Waals surface area contributed by atoms with Crippen LogP contribution in [0.1, 0.15) is 58.9 Å². The summed E-state index contributed by atoms with van der Waals surface area (Å²) >= 11 is 0. The van der Waals surface area contributed by atoms with Gasteiger partial charge in [0.05, 0.1) is 32.3 Å². The summed E-state index contributed by atoms with van der Waals surface area (Å²) in [4.78, 5) is 62.1. The van der Waals surface area contributed by atoms with Crippen molar-refractivity contribution >= 4 is 29.2 Å². The molecule has 226 valence electrons. The summed E-state index contributed by atoms with van der Waals surface area (Å²) in [6.45, 7) is -0.0789. The molecule has 1 amide bonds. The van der Waals surface area contributed by atoms with Gasteiger partial charge in [-0.2, -0.15) is 0 Å². The molecule has 0 saturated carbocycles. The highest BCUT2D eigenvalue weighted by Gasteiger charge is 2.35. The molecule has 0 bridgehead atoms. The van der Waals surface area contributed by atoms with Crippen LogP contribution in [0, 0.1) is 17.8 Å². The lowest BCUT2D eigenvalue weighted by Crippen LogP contribution is -2.44. The molecule has 1 aliphatic carbocycles. The number of aliphatic hydroxyl groups is 3. The van der Waals surface area contributed by atoms with E-state index in [9.17, 15) is 44.4 Å². The Labute approximate surface area is 243 Å². The molecule has 3 rings (SSSR count). The van der Waals surface area contributed by atoms with Gasteiger partial charge < -0.3 is 30.5 Å². The van der Waals surface area contributed by atoms with E-state index in [4.69, 9.17) is 0 Å². The first-order valence-corrected chi connectivity index (χ1v) is 13.8. The Bertz CT molecular complexity index is 1340. The minimum atomic E-state index is -1.25. The lowest BCUT2D eigenvalue weighted by Gasteiger charge is -2.31. The maximum atomic E-state index is 13.3. The molecule has 0 saturated heterocycles. The number of carbonyl (C=O) groups excluding carboxylic acids is 5. The van der Waals surface area contributed by atoms with E-state index in [1.54, 1.807) is 24.3 Å². The first kappa shape index (κ1) is 32.6. The van der Waals surface area contributed by atoms with Crippen molar-refractivity contribution in [3.05, 3.63) is 53.1 Å². The zero-order chi connectivity index (χ0) is 31.0. The van der Waals surface area contributed by atoms with Gasteiger partial charge in [0.2, 0.25) is 0 Å². The Kier molecular flexibility index (Phi) is 11.5. The van der Waals surface area contributed by atoms with Gasteiger partial charge in [-0.1, -0.05) is 18.2 Å². The number of aromatic hydroxyl groups is 1. The highest BCUT2D eigenvalue weighted by atomic mass is 16.5. The molecule has 4 atom stereocenters. The second-order valence-corrected chi connectivity index (χ2v) is 10.6. The quantitative estimate of drug-likeness (QED) is 0.161. The third-order valence-corrected chi connectivity index (χ3v) is 7.68. The van der Waals surface area contributed by atoms with Gasteiger partial charge in [0.15, 0.2) is 11.8 Å². The Morgan fingerprint density at radius 2 is 1.79 bits per heavy atom. The van der Waals surface area contributed by atoms with Crippen molar-refractivity contribution < 1.29 is 49.1 Å². The molecule has 0 fully saturated rings. The van der Waals surface area contributed by atoms with E-state index in [0.717, 1.165) is 7.11 Å². The predicted molar refractivity (Wildman–Crippen MR) is 151 cm³/mol. The van der Waals surface area contributed by atoms with E-state index < -0.39 is 48.8 Å². The monoisotopic (exact) mass is 583 g/mol. The second-order valence-electron chi connectivity index (χ2n) is 10.6. The van der Waals surface area contributed by atoms with E-state index in [0.29, 0.717) is 29.5 Å². The van der Waals surface area contributed by atoms with Gasteiger partial charge in [-0.25, -0.2) is 4.79 Å². The van der Waals surface area contributed by atoms with Crippen LogP contribution in [0.3, 0.4) is 0 Å². The number of phenols is 1. The lowest BCUT2D eigenvalue weighted by atomic mass is 9.72. The number of amides is 1. The molecule has 5 N–H and O–H groups in total. The number of rotatable bonds is 14. The van der Waals surface area contributed by atoms with Gasteiger partial charge >= 0.3 is 5.97 Å². The van der Waals surface area contributed by atoms with E-state index in [1.807, 2.05) is 0 Å². The van der Waals surface area contributed by atoms with Crippen molar-refractivity contribution in [3.8, 4) is 16.9 Å². The van der Waals surface area contributed by atoms with Crippen molar-refractivity contribution in [2.75, 3.05) is 26.9 Å². The minimum Gasteiger partial charge on any atom is -0.507 e. The second kappa shape index (κ2) is 14.8. The molecule has 0 aromatic heterocycles. The van der Waals surface area contributed by atoms with Crippen molar-refractivity contribution in [1.29, 1.82) is 0 Å². The van der Waals surface area contributed by atoms with Crippen molar-refractivity contribution in [1.82, 2.24) is 5.32 Å². The summed E-state index contributed by atoms with van der Waals surface area (Å²) in [6, 6.07) is 8.26. The third kappa shape index (κ3) is 7.67. The van der Waals surface area contributed by atoms with Crippen molar-refractivity contribution in [2.24, 2.45) is 17.8 Å². The number of carbonyl (C=O) groups is 5. The van der Waals surface area contributed by atoms with Crippen LogP contribution >= 0.6 is 0 Å². The molecule has 1 aliphatic rings. The average Bonchev–Trinajstić information content (AvgIpc) is 2.95. The standard InChI is InChI=1S/C31H37NO10/c1-17(36)10-27(38)24(15-34)20(8-9-33)11-18-12-23-22(6-7-26(37)29(23)28(39)13-18)19-4-3-5-21(14-19)30(40)32-25(16-35)31(41)42-2/h3-7,14,18,20,24-25,33-35,37H,8-13,15-16H2,1-2H3,(H,32,40). The Morgan fingerprint density at radius 3 is 2.40 bits per heavy atom. The zero-order valence-electron chi connectivity index (χ0n) is 23.7. The number of methoxy groups -OCH3 is 1. The molecule has 42 heavy (non-hydrogen) atoms. The third-order valence-electron chi connectivity index (χ3n) is 7.68. The van der Waals surface area contributed by atoms with Crippen molar-refractivity contribution in [3.63, 3.8) is 0 Å². The molecule has 0 radical (unpaired) electrons. The van der Waals surface area contributed by atoms with Gasteiger partial charge in [-0.05, 0) is 72.9 Å². The number of aliphatic hydroxyl groups excluding tert-OH is 3. The summed E-state index contributed by atoms with van der Waals surface area (Å²) in [5.74, 6) is -4.23. The average molecular weight is 584 g/mol. The van der Waals surface area contributed by atoms with Gasteiger partial charge in [0.1, 0.15) is 17.3 Å². The molecule has 11 heteroatoms. The van der Waals surface area contributed by atoms with Crippen LogP contribution in [0.4, 0.5) is 0 Å². The summed E-state index contributed by atoms with van der Waals surface area (Å²) < 4.78 is 4.59. The van der Waals surface area contributed by atoms with Crippen LogP contribution in [-0.2, 0) is 25.5 Å². The Morgan fingerprint density at radius 1 is 1.05 bits per heavy atom. The fourth-order valence-electron chi connectivity index (χ4n) is 5.68. The summed E-state index contributed by atoms with van der Waals surface area (Å²) in [6.07, 6.45) is 0.645. The molecule has 11 nitrogen and oxygen atoms in total. The van der Waals surface area contributed by atoms with E-state index >= 15 is 0 Å². The SMILES string of the molecule is COC(=O)C(CO)NC(=O)c1cccc(-c2ccc(O)c3c2CC(CC(CCO)C(CO)C(=O)CC(C)=O)CC3=O)c1. The van der Waals surface area contributed by atoms with Gasteiger partial charge in [0.25, 0.3) is 5.91 Å². The molecule has 0 spiro atoms. The van der Waals surface area contributed by atoms with Gasteiger partial charge in [-0.15, -0.1) is 0 Å². The highest BCUT2D eigenvalue weighted by molar-refractivity contribution is 6.03. The van der Waals surface area contributed by atoms with Crippen LogP contribution in [0.25, 0.3) is 11.1 Å². The molecular formula is C31H37NO10. The number of fused-ring (bicyclic) bond motifs is 1. The predicted octanol–water partition coefficient (Wildman–Crippen LogP) is 1.61. The molecular weight excluding hydrogens is 546 g/mol. The summed E-state index contributed by atoms with van der Waals surface area (Å²) in [5, 5.41) is 42.1. The number of ether oxygens (including phenoxy) is 1. The normalized spacial score (nSPS) is 16.6. The maximum Gasteiger partial charge on any atom is 0.330 e. The topological polar surface area (TPSA) is 188 Å². The summed E-state index contributed by atoms with van der Waals surface area (Å²) in [7, 11) is 1.14. The minimum absolute atomic E-state index is 0.0868. The molecule has 0 aliphatic heterocycles. The largest absolute Gasteiger partial charge is 0.507 e. The van der Waals surface area contributed by atoms with Crippen LogP contribution in [0.5, 0.6) is 5.75 Å². The fraction of sp³-hybridized carbons (Fsp3) is 0.452. The number of hydrogen-bond donors (Lipinski definition) is 5. The first-order valence-electron chi connectivity index (χ1n) is 13.8. The van der Waals surface area contributed by atoms with Crippen LogP contribution in [0.2, 0.25) is 0 Å². The zero-order valence-corrected chi connectivity index (χ0v) is 23.7. The van der Waals surface area contributed by atoms with Gasteiger partial charge in [0, 0.05) is 24.5 Å². The number of phenolic OH excluding ortho intramolecular Hbond substituents is 1.